The van der Waals surface area contributed by atoms with E-state index in [-0.39, 0.29) is 0 Å². The van der Waals surface area contributed by atoms with Gasteiger partial charge in [0.15, 0.2) is 0 Å². The molecule has 0 fully saturated rings. The number of nitrogens with zero attached hydrogens (tertiary/aromatic N) is 1. The highest BCUT2D eigenvalue weighted by atomic mass is 15.1. The molecule has 236 valence electrons. The summed E-state index contributed by atoms with van der Waals surface area (Å²) < 4.78 is 2.51. The third-order valence-electron chi connectivity index (χ3n) is 9.21. The molecule has 1 heterocycles. The minimum atomic E-state index is 0.728. The summed E-state index contributed by atoms with van der Waals surface area (Å²) in [6.07, 6.45) is 47.5. The van der Waals surface area contributed by atoms with Crippen molar-refractivity contribution in [1.82, 2.24) is 4.98 Å². The van der Waals surface area contributed by atoms with E-state index in [1.54, 1.807) is 0 Å². The van der Waals surface area contributed by atoms with Crippen LogP contribution >= 0.6 is 0 Å². The molecular weight excluding hydrogens is 484 g/mol. The Hall–Kier alpha value is -0.790. The summed E-state index contributed by atoms with van der Waals surface area (Å²) in [6.45, 7) is 8.08. The van der Waals surface area contributed by atoms with Gasteiger partial charge in [-0.05, 0) is 19.3 Å². The summed E-state index contributed by atoms with van der Waals surface area (Å²) in [5.74, 6) is 2.24. The number of imidazole rings is 1. The predicted octanol–water partition coefficient (Wildman–Crippen LogP) is 13.1. The summed E-state index contributed by atoms with van der Waals surface area (Å²) >= 11 is 0. The van der Waals surface area contributed by atoms with Crippen LogP contribution in [0.5, 0.6) is 0 Å². The van der Waals surface area contributed by atoms with E-state index in [0.717, 1.165) is 12.5 Å². The second-order valence-corrected chi connectivity index (χ2v) is 13.2. The van der Waals surface area contributed by atoms with Crippen molar-refractivity contribution in [3.63, 3.8) is 0 Å². The van der Waals surface area contributed by atoms with E-state index < -0.39 is 0 Å². The molecule has 2 nitrogen and oxygen atoms in total. The summed E-state index contributed by atoms with van der Waals surface area (Å²) in [4.78, 5) is 3.65. The molecule has 0 radical (unpaired) electrons. The highest BCUT2D eigenvalue weighted by Crippen LogP contribution is 2.26. The lowest BCUT2D eigenvalue weighted by molar-refractivity contribution is -0.704. The van der Waals surface area contributed by atoms with Gasteiger partial charge < -0.3 is 0 Å². The average Bonchev–Trinajstić information content (AvgIpc) is 3.42. The molecular formula is C38H75N2+. The van der Waals surface area contributed by atoms with E-state index in [9.17, 15) is 0 Å². The van der Waals surface area contributed by atoms with E-state index in [0.29, 0.717) is 0 Å². The van der Waals surface area contributed by atoms with E-state index in [1.807, 2.05) is 0 Å². The van der Waals surface area contributed by atoms with Crippen molar-refractivity contribution < 1.29 is 4.57 Å². The molecule has 0 saturated carbocycles. The molecule has 1 aromatic heterocycles. The number of unbranched alkanes of at least 4 members (excludes halogenated alkanes) is 25. The normalized spacial score (nSPS) is 12.4. The molecule has 2 heteroatoms. The minimum absolute atomic E-state index is 0.728. The second kappa shape index (κ2) is 29.7. The molecule has 0 aromatic carbocycles. The number of hydrogen-bond donors (Lipinski definition) is 1. The highest BCUT2D eigenvalue weighted by molar-refractivity contribution is 4.90. The van der Waals surface area contributed by atoms with Gasteiger partial charge in [0.1, 0.15) is 12.4 Å². The van der Waals surface area contributed by atoms with Crippen LogP contribution in [-0.2, 0) is 6.54 Å². The second-order valence-electron chi connectivity index (χ2n) is 13.2. The van der Waals surface area contributed by atoms with E-state index in [1.165, 1.54) is 198 Å². The van der Waals surface area contributed by atoms with Gasteiger partial charge in [0.2, 0.25) is 0 Å². The number of aromatic nitrogens is 2. The molecule has 0 saturated heterocycles. The topological polar surface area (TPSA) is 19.7 Å². The fraction of sp³-hybridized carbons (Fsp3) is 0.921. The van der Waals surface area contributed by atoms with Gasteiger partial charge in [-0.2, -0.15) is 0 Å². The molecule has 1 rings (SSSR count). The summed E-state index contributed by atoms with van der Waals surface area (Å²) in [7, 11) is 0. The van der Waals surface area contributed by atoms with Gasteiger partial charge in [0.25, 0.3) is 5.82 Å². The van der Waals surface area contributed by atoms with Crippen molar-refractivity contribution in [2.24, 2.45) is 0 Å². The lowest BCUT2D eigenvalue weighted by Crippen LogP contribution is -2.37. The molecule has 1 aromatic rings. The number of nitrogens with one attached hydrogen (secondary N) is 1. The summed E-state index contributed by atoms with van der Waals surface area (Å²) in [5.41, 5.74) is 0. The van der Waals surface area contributed by atoms with Gasteiger partial charge in [-0.25, -0.2) is 9.55 Å². The fourth-order valence-electron chi connectivity index (χ4n) is 6.58. The molecule has 40 heavy (non-hydrogen) atoms. The zero-order valence-electron chi connectivity index (χ0n) is 28.1. The molecule has 0 spiro atoms. The van der Waals surface area contributed by atoms with Crippen LogP contribution in [0.25, 0.3) is 0 Å². The molecule has 0 aliphatic heterocycles. The number of H-pyrrole nitrogens is 1. The molecule has 0 aliphatic rings. The molecule has 0 unspecified atom stereocenters. The van der Waals surface area contributed by atoms with E-state index in [4.69, 9.17) is 0 Å². The molecule has 0 aliphatic carbocycles. The predicted molar refractivity (Wildman–Crippen MR) is 179 cm³/mol. The maximum absolute atomic E-state index is 3.65. The summed E-state index contributed by atoms with van der Waals surface area (Å²) in [6, 6.07) is 0. The Morgan fingerprint density at radius 2 is 0.775 bits per heavy atom. The van der Waals surface area contributed by atoms with Gasteiger partial charge in [0, 0.05) is 0 Å². The van der Waals surface area contributed by atoms with Gasteiger partial charge >= 0.3 is 0 Å². The van der Waals surface area contributed by atoms with Crippen molar-refractivity contribution >= 4 is 0 Å². The highest BCUT2D eigenvalue weighted by Gasteiger charge is 2.22. The average molecular weight is 560 g/mol. The van der Waals surface area contributed by atoms with Crippen LogP contribution in [-0.4, -0.2) is 4.98 Å². The van der Waals surface area contributed by atoms with Gasteiger partial charge in [-0.1, -0.05) is 194 Å². The molecule has 0 bridgehead atoms. The monoisotopic (exact) mass is 560 g/mol. The van der Waals surface area contributed by atoms with Crippen LogP contribution in [0.4, 0.5) is 0 Å². The van der Waals surface area contributed by atoms with Crippen molar-refractivity contribution in [2.45, 2.75) is 226 Å². The minimum Gasteiger partial charge on any atom is -0.247 e. The number of rotatable bonds is 32. The lowest BCUT2D eigenvalue weighted by Gasteiger charge is -2.14. The van der Waals surface area contributed by atoms with Crippen molar-refractivity contribution in [3.8, 4) is 0 Å². The number of aromatic amines is 1. The zero-order chi connectivity index (χ0) is 28.8. The Labute approximate surface area is 253 Å². The van der Waals surface area contributed by atoms with Crippen LogP contribution in [0.2, 0.25) is 0 Å². The third kappa shape index (κ3) is 21.9. The molecule has 1 atom stereocenters. The zero-order valence-corrected chi connectivity index (χ0v) is 28.1. The first-order valence-electron chi connectivity index (χ1n) is 18.9. The van der Waals surface area contributed by atoms with Crippen molar-refractivity contribution in [1.29, 1.82) is 0 Å². The fourth-order valence-corrected chi connectivity index (χ4v) is 6.58. The Kier molecular flexibility index (Phi) is 27.6. The summed E-state index contributed by atoms with van der Waals surface area (Å²) in [5, 5.41) is 0. The van der Waals surface area contributed by atoms with Crippen LogP contribution in [0, 0.1) is 0 Å². The first-order chi connectivity index (χ1) is 19.8. The smallest absolute Gasteiger partial charge is 0.247 e. The van der Waals surface area contributed by atoms with Gasteiger partial charge in [-0.15, -0.1) is 0 Å². The quantitative estimate of drug-likeness (QED) is 0.0669. The van der Waals surface area contributed by atoms with Crippen LogP contribution in [0.1, 0.15) is 225 Å². The van der Waals surface area contributed by atoms with E-state index in [2.05, 4.69) is 42.7 Å². The largest absolute Gasteiger partial charge is 0.257 e. The van der Waals surface area contributed by atoms with Gasteiger partial charge in [0.05, 0.1) is 12.5 Å². The van der Waals surface area contributed by atoms with Crippen molar-refractivity contribution in [2.75, 3.05) is 0 Å². The maximum Gasteiger partial charge on any atom is 0.257 e. The maximum atomic E-state index is 3.65. The molecule has 1 N–H and O–H groups in total. The Balaban J connectivity index is 2.11. The molecule has 0 amide bonds. The SMILES string of the molecule is CCCCCCCCCCCCCCCCC[C@H](CCCCCCCCCCCCCC)c1[nH]cc[n+]1CCC. The van der Waals surface area contributed by atoms with Crippen LogP contribution in [0.3, 0.4) is 0 Å². The van der Waals surface area contributed by atoms with E-state index >= 15 is 0 Å². The standard InChI is InChI=1S/C38H74N2/c1-4-7-9-11-13-15-17-19-20-21-23-25-27-29-31-33-37(38-39-34-36-40(38)35-6-3)32-30-28-26-24-22-18-16-14-12-10-8-5-2/h34,36-37H,4-33,35H2,1-3H3/p+1/t37-/m0/s1. The first-order valence-corrected chi connectivity index (χ1v) is 18.9. The Morgan fingerprint density at radius 1 is 0.450 bits per heavy atom. The first kappa shape index (κ1) is 37.2. The third-order valence-corrected chi connectivity index (χ3v) is 9.21. The van der Waals surface area contributed by atoms with Crippen LogP contribution < -0.4 is 4.57 Å². The van der Waals surface area contributed by atoms with Gasteiger partial charge in [-0.3, -0.25) is 0 Å². The Morgan fingerprint density at radius 3 is 1.10 bits per heavy atom. The lowest BCUT2D eigenvalue weighted by atomic mass is 9.93. The van der Waals surface area contributed by atoms with Crippen molar-refractivity contribution in [3.05, 3.63) is 18.2 Å². The number of aryl methyl sites for hydroxylation is 1. The Bertz CT molecular complexity index is 606. The van der Waals surface area contributed by atoms with Crippen LogP contribution in [0.15, 0.2) is 12.4 Å². The number of hydrogen-bond acceptors (Lipinski definition) is 0.